The van der Waals surface area contributed by atoms with E-state index in [9.17, 15) is 20.1 Å². The van der Waals surface area contributed by atoms with E-state index in [4.69, 9.17) is 14.8 Å². The quantitative estimate of drug-likeness (QED) is 0.346. The van der Waals surface area contributed by atoms with Gasteiger partial charge in [-0.05, 0) is 44.5 Å². The van der Waals surface area contributed by atoms with Gasteiger partial charge in [-0.25, -0.2) is 4.79 Å². The molecular weight excluding hydrogens is 403 g/mol. The van der Waals surface area contributed by atoms with Gasteiger partial charge in [0.05, 0.1) is 0 Å². The summed E-state index contributed by atoms with van der Waals surface area (Å²) in [4.78, 5) is 16.4. The molecule has 1 spiro atoms. The Morgan fingerprint density at radius 1 is 1.35 bits per heavy atom. The Balaban J connectivity index is 1.37. The third kappa shape index (κ3) is 4.36. The second-order valence-electron chi connectivity index (χ2n) is 9.75. The Morgan fingerprint density at radius 2 is 2.06 bits per heavy atom. The summed E-state index contributed by atoms with van der Waals surface area (Å²) >= 11 is 0. The lowest BCUT2D eigenvalue weighted by Crippen LogP contribution is -2.54. The Kier molecular flexibility index (Phi) is 6.13. The van der Waals surface area contributed by atoms with Crippen LogP contribution in [0.25, 0.3) is 0 Å². The number of likely N-dealkylation sites (tertiary alicyclic amines) is 2. The monoisotopic (exact) mass is 436 g/mol. The van der Waals surface area contributed by atoms with Crippen LogP contribution in [0.3, 0.4) is 0 Å². The Morgan fingerprint density at radius 3 is 2.65 bits per heavy atom. The van der Waals surface area contributed by atoms with E-state index in [0.29, 0.717) is 23.8 Å². The molecule has 4 atom stereocenters. The number of ether oxygens (including phenoxy) is 1. The van der Waals surface area contributed by atoms with Crippen LogP contribution in [0.5, 0.6) is 0 Å². The van der Waals surface area contributed by atoms with Crippen LogP contribution in [0.1, 0.15) is 39.5 Å². The molecule has 4 aliphatic rings. The van der Waals surface area contributed by atoms with Gasteiger partial charge in [0.1, 0.15) is 29.4 Å². The molecule has 0 radical (unpaired) electrons. The zero-order valence-electron chi connectivity index (χ0n) is 18.2. The maximum atomic E-state index is 11.9. The molecule has 172 valence electrons. The highest BCUT2D eigenvalue weighted by Gasteiger charge is 2.61. The van der Waals surface area contributed by atoms with Crippen molar-refractivity contribution >= 4 is 13.1 Å². The molecule has 0 aromatic carbocycles. The molecule has 9 nitrogen and oxygen atoms in total. The molecule has 4 unspecified atom stereocenters. The molecule has 4 rings (SSSR count). The Labute approximate surface area is 182 Å². The molecule has 5 N–H and O–H groups in total. The second kappa shape index (κ2) is 8.40. The largest absolute Gasteiger partial charge is 0.507 e. The van der Waals surface area contributed by atoms with Crippen molar-refractivity contribution in [1.29, 1.82) is 0 Å². The summed E-state index contributed by atoms with van der Waals surface area (Å²) in [5.74, 6) is -1.43. The van der Waals surface area contributed by atoms with Gasteiger partial charge in [0.2, 0.25) is 0 Å². The number of aliphatic carboxylic acids is 1. The molecule has 0 bridgehead atoms. The van der Waals surface area contributed by atoms with E-state index in [1.54, 1.807) is 0 Å². The van der Waals surface area contributed by atoms with Gasteiger partial charge in [-0.3, -0.25) is 9.80 Å². The average molecular weight is 436 g/mol. The lowest BCUT2D eigenvalue weighted by atomic mass is 9.78. The number of carbonyl (C=O) groups is 1. The van der Waals surface area contributed by atoms with Crippen molar-refractivity contribution in [3.8, 4) is 0 Å². The first kappa shape index (κ1) is 22.6. The van der Waals surface area contributed by atoms with Crippen molar-refractivity contribution in [2.75, 3.05) is 26.2 Å². The third-order valence-corrected chi connectivity index (χ3v) is 7.44. The maximum Gasteiger partial charge on any atom is 0.451 e. The highest BCUT2D eigenvalue weighted by molar-refractivity contribution is 6.41. The minimum Gasteiger partial charge on any atom is -0.507 e. The van der Waals surface area contributed by atoms with Gasteiger partial charge in [-0.1, -0.05) is 6.92 Å². The predicted molar refractivity (Wildman–Crippen MR) is 113 cm³/mol. The average Bonchev–Trinajstić information content (AvgIpc) is 3.14. The van der Waals surface area contributed by atoms with Gasteiger partial charge in [0, 0.05) is 43.6 Å². The normalized spacial score (nSPS) is 33.1. The highest BCUT2D eigenvalue weighted by Crippen LogP contribution is 2.57. The smallest absolute Gasteiger partial charge is 0.451 e. The first-order chi connectivity index (χ1) is 14.6. The molecular formula is C21H33BN2O7. The van der Waals surface area contributed by atoms with Crippen LogP contribution < -0.4 is 0 Å². The minimum atomic E-state index is -1.50. The molecule has 0 aromatic rings. The molecule has 2 aliphatic heterocycles. The van der Waals surface area contributed by atoms with Crippen LogP contribution >= 0.6 is 0 Å². The molecule has 10 heteroatoms. The fraction of sp³-hybridized carbons (Fsp3) is 0.762. The van der Waals surface area contributed by atoms with Crippen molar-refractivity contribution in [1.82, 2.24) is 9.80 Å². The second-order valence-corrected chi connectivity index (χ2v) is 9.75. The summed E-state index contributed by atoms with van der Waals surface area (Å²) in [6.07, 6.45) is 2.42. The molecule has 2 aliphatic carbocycles. The van der Waals surface area contributed by atoms with Crippen LogP contribution in [-0.4, -0.2) is 92.8 Å². The van der Waals surface area contributed by atoms with E-state index in [1.165, 1.54) is 0 Å². The zero-order chi connectivity index (χ0) is 22.5. The third-order valence-electron chi connectivity index (χ3n) is 7.44. The number of carboxylic acid groups (broad SMARTS) is 1. The van der Waals surface area contributed by atoms with Gasteiger partial charge in [-0.2, -0.15) is 0 Å². The molecule has 1 saturated carbocycles. The highest BCUT2D eigenvalue weighted by atomic mass is 16.5. The fourth-order valence-electron chi connectivity index (χ4n) is 5.51. The van der Waals surface area contributed by atoms with E-state index in [1.807, 2.05) is 13.8 Å². The van der Waals surface area contributed by atoms with Gasteiger partial charge in [-0.15, -0.1) is 0 Å². The first-order valence-electron chi connectivity index (χ1n) is 11.2. The Bertz CT molecular complexity index is 793. The van der Waals surface area contributed by atoms with Crippen LogP contribution in [-0.2, 0) is 9.53 Å². The van der Waals surface area contributed by atoms with E-state index in [-0.39, 0.29) is 41.5 Å². The van der Waals surface area contributed by atoms with Crippen LogP contribution in [0.15, 0.2) is 22.7 Å². The zero-order valence-corrected chi connectivity index (χ0v) is 18.2. The molecule has 3 fully saturated rings. The summed E-state index contributed by atoms with van der Waals surface area (Å²) in [6.45, 7) is 7.00. The Hall–Kier alpha value is -1.59. The molecule has 2 heterocycles. The number of aliphatic hydroxyl groups is 2. The topological polar surface area (TPSA) is 134 Å². The van der Waals surface area contributed by atoms with Crippen LogP contribution in [0.2, 0.25) is 6.32 Å². The summed E-state index contributed by atoms with van der Waals surface area (Å²) in [5.41, 5.74) is 0.592. The van der Waals surface area contributed by atoms with Crippen molar-refractivity contribution in [2.45, 2.75) is 64.2 Å². The van der Waals surface area contributed by atoms with Gasteiger partial charge >= 0.3 is 13.1 Å². The van der Waals surface area contributed by atoms with Crippen molar-refractivity contribution in [2.24, 2.45) is 11.3 Å². The number of allylic oxidation sites excluding steroid dienone is 2. The number of carboxylic acids is 1. The lowest BCUT2D eigenvalue weighted by Gasteiger charge is -2.42. The van der Waals surface area contributed by atoms with Crippen molar-refractivity contribution in [3.05, 3.63) is 22.7 Å². The fourth-order valence-corrected chi connectivity index (χ4v) is 5.51. The number of nitrogens with zero attached hydrogens (tertiary/aromatic N) is 2. The maximum absolute atomic E-state index is 11.9. The number of rotatable bonds is 8. The predicted octanol–water partition coefficient (Wildman–Crippen LogP) is 0.543. The number of hydrogen-bond acceptors (Lipinski definition) is 8. The van der Waals surface area contributed by atoms with E-state index >= 15 is 0 Å². The van der Waals surface area contributed by atoms with Gasteiger partial charge < -0.3 is 30.1 Å². The molecule has 2 saturated heterocycles. The first-order valence-corrected chi connectivity index (χ1v) is 11.2. The van der Waals surface area contributed by atoms with Crippen molar-refractivity contribution in [3.63, 3.8) is 0 Å². The summed E-state index contributed by atoms with van der Waals surface area (Å²) < 4.78 is 6.09. The number of hydrogen-bond donors (Lipinski definition) is 5. The van der Waals surface area contributed by atoms with E-state index in [2.05, 4.69) is 9.80 Å². The molecule has 0 amide bonds. The summed E-state index contributed by atoms with van der Waals surface area (Å²) in [6, 6.07) is 0.498. The van der Waals surface area contributed by atoms with Gasteiger partial charge in [0.25, 0.3) is 0 Å². The summed E-state index contributed by atoms with van der Waals surface area (Å²) in [5, 5.41) is 48.2. The van der Waals surface area contributed by atoms with E-state index < -0.39 is 19.3 Å². The van der Waals surface area contributed by atoms with E-state index in [0.717, 1.165) is 39.0 Å². The van der Waals surface area contributed by atoms with Gasteiger partial charge in [0.15, 0.2) is 0 Å². The number of aliphatic hydroxyl groups excluding tert-OH is 2. The lowest BCUT2D eigenvalue weighted by molar-refractivity contribution is -0.133. The minimum absolute atomic E-state index is 0.0441. The molecule has 31 heavy (non-hydrogen) atoms. The summed E-state index contributed by atoms with van der Waals surface area (Å²) in [7, 11) is -1.50. The van der Waals surface area contributed by atoms with Crippen LogP contribution in [0.4, 0.5) is 0 Å². The van der Waals surface area contributed by atoms with Crippen molar-refractivity contribution < 1.29 is 34.9 Å². The molecule has 0 aromatic heterocycles. The van der Waals surface area contributed by atoms with Crippen LogP contribution in [0, 0.1) is 11.3 Å². The standard InChI is InChI=1S/C21H33BN2O7/c1-12-7-14(3-5-22(29)30)18(26)17(20(27)28)19(12)31-15-9-24(10-15)16-8-21(16)4-6-23(11-21)13(2)25/h12-13,15-16,25-26,29-30H,3-11H2,1-2H3,(H,27,28). The SMILES string of the molecule is CC1CC(CCB(O)O)=C(O)C(C(=O)O)=C1OC1CN(C2CC23CCN(C(C)O)C3)C1.